The van der Waals surface area contributed by atoms with Gasteiger partial charge in [0, 0.05) is 12.6 Å². The van der Waals surface area contributed by atoms with E-state index in [2.05, 4.69) is 26.2 Å². The lowest BCUT2D eigenvalue weighted by molar-refractivity contribution is 0.0954. The molecule has 2 heterocycles. The van der Waals surface area contributed by atoms with Crippen LogP contribution < -0.4 is 10.6 Å². The summed E-state index contributed by atoms with van der Waals surface area (Å²) in [6.07, 6.45) is 1.47. The number of likely N-dealkylation sites (N-methyl/N-ethyl adjacent to an activating group) is 1. The van der Waals surface area contributed by atoms with E-state index in [0.717, 1.165) is 0 Å². The molecule has 0 spiro atoms. The Balaban J connectivity index is 0.00000180. The molecule has 2 rings (SSSR count). The van der Waals surface area contributed by atoms with Gasteiger partial charge in [-0.1, -0.05) is 0 Å². The van der Waals surface area contributed by atoms with E-state index in [1.165, 1.54) is 22.3 Å². The molecule has 0 aliphatic heterocycles. The van der Waals surface area contributed by atoms with E-state index in [1.54, 1.807) is 0 Å². The van der Waals surface area contributed by atoms with Crippen LogP contribution >= 0.6 is 23.7 Å². The van der Waals surface area contributed by atoms with Gasteiger partial charge in [0.2, 0.25) is 0 Å². The van der Waals surface area contributed by atoms with Gasteiger partial charge in [-0.25, -0.2) is 0 Å². The number of carbonyl (C=O) groups is 1. The minimum Gasteiger partial charge on any atom is -0.350 e. The number of nitrogens with zero attached hydrogens (tertiary/aromatic N) is 4. The van der Waals surface area contributed by atoms with Gasteiger partial charge >= 0.3 is 0 Å². The van der Waals surface area contributed by atoms with E-state index < -0.39 is 0 Å². The number of rotatable bonds is 5. The van der Waals surface area contributed by atoms with Gasteiger partial charge in [0.25, 0.3) is 5.91 Å². The van der Waals surface area contributed by atoms with Crippen molar-refractivity contribution in [3.8, 4) is 5.69 Å². The van der Waals surface area contributed by atoms with Crippen LogP contribution in [-0.4, -0.2) is 45.7 Å². The number of aromatic nitrogens is 4. The number of halogens is 1. The summed E-state index contributed by atoms with van der Waals surface area (Å²) in [7, 11) is 1.86. The molecular formula is C10H15ClN6OS. The van der Waals surface area contributed by atoms with E-state index in [0.29, 0.717) is 17.1 Å². The molecule has 1 amide bonds. The standard InChI is InChI=1S/C10H14N6OS.ClH/c1-7(11-2)5-12-10(17)9-8(3-4-18-9)16-6-13-14-15-16;/h3-4,6-7,11H,5H2,1-2H3,(H,12,17);1H. The Kier molecular flexibility index (Phi) is 5.87. The summed E-state index contributed by atoms with van der Waals surface area (Å²) >= 11 is 1.37. The first kappa shape index (κ1) is 15.5. The maximum Gasteiger partial charge on any atom is 0.263 e. The number of hydrogen-bond acceptors (Lipinski definition) is 6. The first-order valence-corrected chi connectivity index (χ1v) is 6.36. The van der Waals surface area contributed by atoms with E-state index in [9.17, 15) is 4.79 Å². The summed E-state index contributed by atoms with van der Waals surface area (Å²) in [5.41, 5.74) is 0.694. The van der Waals surface area contributed by atoms with Crippen molar-refractivity contribution < 1.29 is 4.79 Å². The molecule has 0 radical (unpaired) electrons. The molecule has 2 aromatic heterocycles. The summed E-state index contributed by atoms with van der Waals surface area (Å²) in [6.45, 7) is 2.57. The maximum atomic E-state index is 12.0. The lowest BCUT2D eigenvalue weighted by atomic mass is 10.3. The average molecular weight is 303 g/mol. The molecule has 0 aliphatic rings. The van der Waals surface area contributed by atoms with E-state index >= 15 is 0 Å². The van der Waals surface area contributed by atoms with Crippen LogP contribution in [0.25, 0.3) is 5.69 Å². The zero-order chi connectivity index (χ0) is 13.0. The smallest absolute Gasteiger partial charge is 0.263 e. The topological polar surface area (TPSA) is 84.7 Å². The van der Waals surface area contributed by atoms with Crippen molar-refractivity contribution in [2.24, 2.45) is 0 Å². The number of amides is 1. The molecule has 19 heavy (non-hydrogen) atoms. The monoisotopic (exact) mass is 302 g/mol. The van der Waals surface area contributed by atoms with Gasteiger partial charge in [-0.15, -0.1) is 28.8 Å². The highest BCUT2D eigenvalue weighted by Gasteiger charge is 2.15. The van der Waals surface area contributed by atoms with E-state index in [4.69, 9.17) is 0 Å². The van der Waals surface area contributed by atoms with Gasteiger partial charge in [-0.05, 0) is 35.8 Å². The molecule has 2 N–H and O–H groups in total. The quantitative estimate of drug-likeness (QED) is 0.839. The Hall–Kier alpha value is -1.51. The molecule has 104 valence electrons. The van der Waals surface area contributed by atoms with Gasteiger partial charge in [0.05, 0.1) is 5.69 Å². The number of nitrogens with one attached hydrogen (secondary N) is 2. The van der Waals surface area contributed by atoms with Crippen LogP contribution in [0.5, 0.6) is 0 Å². The fourth-order valence-electron chi connectivity index (χ4n) is 1.35. The zero-order valence-corrected chi connectivity index (χ0v) is 12.2. The number of tetrazole rings is 1. The van der Waals surface area contributed by atoms with Gasteiger partial charge < -0.3 is 10.6 Å². The number of hydrogen-bond donors (Lipinski definition) is 2. The summed E-state index contributed by atoms with van der Waals surface area (Å²) in [6, 6.07) is 2.04. The van der Waals surface area contributed by atoms with Gasteiger partial charge in [0.1, 0.15) is 11.2 Å². The minimum atomic E-state index is -0.113. The highest BCUT2D eigenvalue weighted by molar-refractivity contribution is 7.12. The second-order valence-corrected chi connectivity index (χ2v) is 4.71. The molecule has 1 unspecified atom stereocenters. The largest absolute Gasteiger partial charge is 0.350 e. The van der Waals surface area contributed by atoms with E-state index in [1.807, 2.05) is 25.4 Å². The third-order valence-corrected chi connectivity index (χ3v) is 3.41. The van der Waals surface area contributed by atoms with Crippen LogP contribution in [0.3, 0.4) is 0 Å². The van der Waals surface area contributed by atoms with Crippen molar-refractivity contribution >= 4 is 29.7 Å². The molecule has 1 atom stereocenters. The van der Waals surface area contributed by atoms with Crippen molar-refractivity contribution in [1.82, 2.24) is 30.8 Å². The summed E-state index contributed by atoms with van der Waals surface area (Å²) in [5, 5.41) is 18.7. The van der Waals surface area contributed by atoms with Crippen molar-refractivity contribution in [2.45, 2.75) is 13.0 Å². The molecule has 2 aromatic rings. The second kappa shape index (κ2) is 7.17. The third-order valence-electron chi connectivity index (χ3n) is 2.51. The number of thiophene rings is 1. The highest BCUT2D eigenvalue weighted by Crippen LogP contribution is 2.19. The van der Waals surface area contributed by atoms with Crippen LogP contribution in [0.4, 0.5) is 0 Å². The van der Waals surface area contributed by atoms with E-state index in [-0.39, 0.29) is 24.4 Å². The van der Waals surface area contributed by atoms with Crippen molar-refractivity contribution in [3.05, 3.63) is 22.7 Å². The van der Waals surface area contributed by atoms with Gasteiger partial charge in [0.15, 0.2) is 0 Å². The Labute approximate surface area is 120 Å². The number of carbonyl (C=O) groups excluding carboxylic acids is 1. The molecule has 0 aromatic carbocycles. The van der Waals surface area contributed by atoms with Gasteiger partial charge in [-0.2, -0.15) is 4.68 Å². The maximum absolute atomic E-state index is 12.0. The fourth-order valence-corrected chi connectivity index (χ4v) is 2.15. The summed E-state index contributed by atoms with van der Waals surface area (Å²) < 4.78 is 1.48. The molecule has 0 saturated carbocycles. The lowest BCUT2D eigenvalue weighted by Gasteiger charge is -2.11. The molecule has 0 bridgehead atoms. The van der Waals surface area contributed by atoms with Gasteiger partial charge in [-0.3, -0.25) is 4.79 Å². The van der Waals surface area contributed by atoms with Crippen molar-refractivity contribution in [1.29, 1.82) is 0 Å². The third kappa shape index (κ3) is 3.72. The molecule has 7 nitrogen and oxygen atoms in total. The van der Waals surface area contributed by atoms with Crippen LogP contribution in [0.2, 0.25) is 0 Å². The first-order chi connectivity index (χ1) is 8.72. The Morgan fingerprint density at radius 2 is 2.37 bits per heavy atom. The predicted molar refractivity (Wildman–Crippen MR) is 75.1 cm³/mol. The Bertz CT molecular complexity index is 514. The minimum absolute atomic E-state index is 0. The highest BCUT2D eigenvalue weighted by atomic mass is 35.5. The summed E-state index contributed by atoms with van der Waals surface area (Å²) in [5.74, 6) is -0.113. The first-order valence-electron chi connectivity index (χ1n) is 5.48. The molecule has 0 aliphatic carbocycles. The van der Waals surface area contributed by atoms with Crippen molar-refractivity contribution in [2.75, 3.05) is 13.6 Å². The summed E-state index contributed by atoms with van der Waals surface area (Å²) in [4.78, 5) is 12.6. The SMILES string of the molecule is CNC(C)CNC(=O)c1sccc1-n1cnnn1.Cl. The predicted octanol–water partition coefficient (Wildman–Crippen LogP) is 0.483. The average Bonchev–Trinajstić information content (AvgIpc) is 3.04. The Morgan fingerprint density at radius 3 is 3.00 bits per heavy atom. The molecule has 9 heteroatoms. The van der Waals surface area contributed by atoms with Crippen LogP contribution in [0, 0.1) is 0 Å². The fraction of sp³-hybridized carbons (Fsp3) is 0.400. The second-order valence-electron chi connectivity index (χ2n) is 3.79. The molecular weight excluding hydrogens is 288 g/mol. The molecule has 0 saturated heterocycles. The van der Waals surface area contributed by atoms with Crippen LogP contribution in [-0.2, 0) is 0 Å². The van der Waals surface area contributed by atoms with Crippen molar-refractivity contribution in [3.63, 3.8) is 0 Å². The lowest BCUT2D eigenvalue weighted by Crippen LogP contribution is -2.37. The normalized spacial score (nSPS) is 11.7. The van der Waals surface area contributed by atoms with Crippen LogP contribution in [0.1, 0.15) is 16.6 Å². The Morgan fingerprint density at radius 1 is 1.58 bits per heavy atom. The molecule has 0 fully saturated rings. The zero-order valence-electron chi connectivity index (χ0n) is 10.5. The van der Waals surface area contributed by atoms with Crippen LogP contribution in [0.15, 0.2) is 17.8 Å².